The van der Waals surface area contributed by atoms with Gasteiger partial charge in [-0.15, -0.1) is 6.58 Å². The lowest BCUT2D eigenvalue weighted by Gasteiger charge is -2.12. The van der Waals surface area contributed by atoms with E-state index in [9.17, 15) is 4.39 Å². The number of benzene rings is 2. The molecule has 0 spiro atoms. The van der Waals surface area contributed by atoms with Crippen molar-refractivity contribution >= 4 is 6.08 Å². The van der Waals surface area contributed by atoms with Gasteiger partial charge in [-0.3, -0.25) is 4.98 Å². The zero-order valence-corrected chi connectivity index (χ0v) is 21.2. The van der Waals surface area contributed by atoms with E-state index in [2.05, 4.69) is 61.8 Å². The normalized spacial score (nSPS) is 12.2. The number of unbranched alkanes of at least 4 members (excludes halogenated alkanes) is 3. The van der Waals surface area contributed by atoms with Crippen molar-refractivity contribution in [3.63, 3.8) is 0 Å². The first-order chi connectivity index (χ1) is 17.1. The lowest BCUT2D eigenvalue weighted by molar-refractivity contribution is 0.0566. The SMILES string of the molecule is C=CCc1ccc(-c2ccc(-c3ccc(C=CCCCC(C)OCCCCC)cc3)cn2)cc1F. The molecule has 3 rings (SSSR count). The van der Waals surface area contributed by atoms with Crippen LogP contribution in [0.2, 0.25) is 0 Å². The van der Waals surface area contributed by atoms with E-state index in [-0.39, 0.29) is 5.82 Å². The van der Waals surface area contributed by atoms with Crippen LogP contribution in [0.1, 0.15) is 63.5 Å². The Morgan fingerprint density at radius 1 is 0.971 bits per heavy atom. The van der Waals surface area contributed by atoms with Gasteiger partial charge < -0.3 is 4.74 Å². The third-order valence-electron chi connectivity index (χ3n) is 6.16. The van der Waals surface area contributed by atoms with Crippen molar-refractivity contribution in [1.82, 2.24) is 4.98 Å². The lowest BCUT2D eigenvalue weighted by Crippen LogP contribution is -2.08. The minimum Gasteiger partial charge on any atom is -0.379 e. The number of ether oxygens (including phenoxy) is 1. The molecule has 0 N–H and O–H groups in total. The second kappa shape index (κ2) is 14.4. The summed E-state index contributed by atoms with van der Waals surface area (Å²) < 4.78 is 20.1. The third-order valence-corrected chi connectivity index (χ3v) is 6.16. The molecule has 1 heterocycles. The van der Waals surface area contributed by atoms with Gasteiger partial charge in [-0.05, 0) is 67.9 Å². The molecule has 2 aromatic carbocycles. The maximum absolute atomic E-state index is 14.3. The van der Waals surface area contributed by atoms with Gasteiger partial charge in [0.25, 0.3) is 0 Å². The van der Waals surface area contributed by atoms with Crippen LogP contribution in [0.3, 0.4) is 0 Å². The molecular formula is C32H38FNO. The quantitative estimate of drug-likeness (QED) is 0.173. The van der Waals surface area contributed by atoms with Crippen molar-refractivity contribution in [1.29, 1.82) is 0 Å². The van der Waals surface area contributed by atoms with Gasteiger partial charge in [-0.1, -0.05) is 80.5 Å². The highest BCUT2D eigenvalue weighted by Crippen LogP contribution is 2.25. The highest BCUT2D eigenvalue weighted by molar-refractivity contribution is 5.68. The van der Waals surface area contributed by atoms with Crippen molar-refractivity contribution in [3.05, 3.63) is 96.5 Å². The molecule has 35 heavy (non-hydrogen) atoms. The molecule has 0 saturated heterocycles. The van der Waals surface area contributed by atoms with Gasteiger partial charge in [-0.2, -0.15) is 0 Å². The molecule has 0 bridgehead atoms. The fourth-order valence-corrected chi connectivity index (χ4v) is 4.01. The number of nitrogens with zero attached hydrogens (tertiary/aromatic N) is 1. The zero-order chi connectivity index (χ0) is 24.9. The van der Waals surface area contributed by atoms with Gasteiger partial charge in [0.2, 0.25) is 0 Å². The number of hydrogen-bond donors (Lipinski definition) is 0. The number of allylic oxidation sites excluding steroid dienone is 2. The molecule has 0 aliphatic carbocycles. The average Bonchev–Trinajstić information content (AvgIpc) is 2.88. The molecule has 3 aromatic rings. The number of rotatable bonds is 14. The lowest BCUT2D eigenvalue weighted by atomic mass is 10.0. The zero-order valence-electron chi connectivity index (χ0n) is 21.2. The molecular weight excluding hydrogens is 433 g/mol. The number of hydrogen-bond acceptors (Lipinski definition) is 2. The monoisotopic (exact) mass is 471 g/mol. The fraction of sp³-hybridized carbons (Fsp3) is 0.344. The van der Waals surface area contributed by atoms with Crippen LogP contribution in [0.25, 0.3) is 28.5 Å². The molecule has 184 valence electrons. The van der Waals surface area contributed by atoms with Crippen molar-refractivity contribution in [2.45, 2.75) is 64.9 Å². The Hall–Kier alpha value is -3.04. The molecule has 3 heteroatoms. The minimum absolute atomic E-state index is 0.220. The van der Waals surface area contributed by atoms with E-state index in [0.29, 0.717) is 18.1 Å². The Labute approximate surface area is 210 Å². The summed E-state index contributed by atoms with van der Waals surface area (Å²) in [5, 5.41) is 0. The van der Waals surface area contributed by atoms with E-state index in [4.69, 9.17) is 4.74 Å². The van der Waals surface area contributed by atoms with Gasteiger partial charge in [0, 0.05) is 23.9 Å². The van der Waals surface area contributed by atoms with Crippen molar-refractivity contribution in [2.24, 2.45) is 0 Å². The molecule has 1 unspecified atom stereocenters. The molecule has 0 amide bonds. The Morgan fingerprint density at radius 3 is 2.43 bits per heavy atom. The first kappa shape index (κ1) is 26.6. The van der Waals surface area contributed by atoms with E-state index < -0.39 is 0 Å². The summed E-state index contributed by atoms with van der Waals surface area (Å²) in [7, 11) is 0. The molecule has 2 nitrogen and oxygen atoms in total. The molecule has 1 aromatic heterocycles. The summed E-state index contributed by atoms with van der Waals surface area (Å²) in [6.07, 6.45) is 15.8. The van der Waals surface area contributed by atoms with Crippen LogP contribution in [0, 0.1) is 5.82 Å². The Balaban J connectivity index is 1.49. The highest BCUT2D eigenvalue weighted by Gasteiger charge is 2.06. The Morgan fingerprint density at radius 2 is 1.74 bits per heavy atom. The standard InChI is InChI=1S/C32H38FNO/c1-4-6-10-22-35-25(3)12-8-7-9-13-26-14-16-27(17-15-26)30-20-21-32(34-24-30)29-19-18-28(11-5-2)31(33)23-29/h5,9,13-21,23-25H,2,4,6-8,10-12,22H2,1,3H3. The van der Waals surface area contributed by atoms with Crippen LogP contribution in [0.5, 0.6) is 0 Å². The van der Waals surface area contributed by atoms with E-state index in [1.54, 1.807) is 18.2 Å². The van der Waals surface area contributed by atoms with E-state index in [1.807, 2.05) is 24.4 Å². The van der Waals surface area contributed by atoms with Gasteiger partial charge in [0.05, 0.1) is 11.8 Å². The third kappa shape index (κ3) is 8.60. The molecule has 0 radical (unpaired) electrons. The van der Waals surface area contributed by atoms with Gasteiger partial charge >= 0.3 is 0 Å². The van der Waals surface area contributed by atoms with Crippen LogP contribution >= 0.6 is 0 Å². The van der Waals surface area contributed by atoms with Crippen molar-refractivity contribution in [3.8, 4) is 22.4 Å². The van der Waals surface area contributed by atoms with E-state index in [0.717, 1.165) is 48.3 Å². The first-order valence-corrected chi connectivity index (χ1v) is 12.8. The molecule has 0 aliphatic rings. The maximum Gasteiger partial charge on any atom is 0.127 e. The van der Waals surface area contributed by atoms with Crippen molar-refractivity contribution in [2.75, 3.05) is 6.61 Å². The van der Waals surface area contributed by atoms with E-state index >= 15 is 0 Å². The smallest absolute Gasteiger partial charge is 0.127 e. The second-order valence-corrected chi connectivity index (χ2v) is 9.07. The summed E-state index contributed by atoms with van der Waals surface area (Å²) in [6, 6.07) is 17.7. The molecule has 1 atom stereocenters. The number of pyridine rings is 1. The van der Waals surface area contributed by atoms with Crippen LogP contribution in [-0.4, -0.2) is 17.7 Å². The summed E-state index contributed by atoms with van der Waals surface area (Å²) in [5.74, 6) is -0.220. The van der Waals surface area contributed by atoms with Gasteiger partial charge in [0.15, 0.2) is 0 Å². The summed E-state index contributed by atoms with van der Waals surface area (Å²) in [4.78, 5) is 4.57. The van der Waals surface area contributed by atoms with Gasteiger partial charge in [0.1, 0.15) is 5.82 Å². The van der Waals surface area contributed by atoms with Gasteiger partial charge in [-0.25, -0.2) is 4.39 Å². The first-order valence-electron chi connectivity index (χ1n) is 12.8. The van der Waals surface area contributed by atoms with Crippen LogP contribution < -0.4 is 0 Å². The fourth-order valence-electron chi connectivity index (χ4n) is 4.01. The summed E-state index contributed by atoms with van der Waals surface area (Å²) in [5.41, 5.74) is 5.54. The topological polar surface area (TPSA) is 22.1 Å². The Bertz CT molecular complexity index is 1070. The van der Waals surface area contributed by atoms with Crippen molar-refractivity contribution < 1.29 is 9.13 Å². The van der Waals surface area contributed by atoms with E-state index in [1.165, 1.54) is 24.8 Å². The largest absolute Gasteiger partial charge is 0.379 e. The van der Waals surface area contributed by atoms with Crippen LogP contribution in [-0.2, 0) is 11.2 Å². The Kier molecular flexibility index (Phi) is 10.9. The average molecular weight is 472 g/mol. The number of halogens is 1. The molecule has 0 saturated carbocycles. The predicted molar refractivity (Wildman–Crippen MR) is 147 cm³/mol. The summed E-state index contributed by atoms with van der Waals surface area (Å²) >= 11 is 0. The highest BCUT2D eigenvalue weighted by atomic mass is 19.1. The second-order valence-electron chi connectivity index (χ2n) is 9.07. The van der Waals surface area contributed by atoms with Crippen LogP contribution in [0.15, 0.2) is 79.5 Å². The molecule has 0 fully saturated rings. The maximum atomic E-state index is 14.3. The molecule has 0 aliphatic heterocycles. The number of aromatic nitrogens is 1. The summed E-state index contributed by atoms with van der Waals surface area (Å²) in [6.45, 7) is 8.95. The van der Waals surface area contributed by atoms with Crippen LogP contribution in [0.4, 0.5) is 4.39 Å². The predicted octanol–water partition coefficient (Wildman–Crippen LogP) is 9.06. The minimum atomic E-state index is -0.220.